The molecule has 20 heavy (non-hydrogen) atoms. The van der Waals surface area contributed by atoms with Crippen LogP contribution in [0.25, 0.3) is 0 Å². The van der Waals surface area contributed by atoms with Crippen molar-refractivity contribution in [3.05, 3.63) is 53.6 Å². The van der Waals surface area contributed by atoms with Gasteiger partial charge in [-0.2, -0.15) is 13.2 Å². The Labute approximate surface area is 113 Å². The van der Waals surface area contributed by atoms with Crippen LogP contribution in [-0.2, 0) is 12.7 Å². The highest BCUT2D eigenvalue weighted by Gasteiger charge is 2.30. The third kappa shape index (κ3) is 3.17. The van der Waals surface area contributed by atoms with Gasteiger partial charge in [0.2, 0.25) is 0 Å². The summed E-state index contributed by atoms with van der Waals surface area (Å²) in [6.07, 6.45) is -1.39. The fourth-order valence-corrected chi connectivity index (χ4v) is 1.91. The van der Waals surface area contributed by atoms with Gasteiger partial charge in [-0.15, -0.1) is 0 Å². The Morgan fingerprint density at radius 2 is 2.10 bits per heavy atom. The smallest absolute Gasteiger partial charge is 0.394 e. The first-order chi connectivity index (χ1) is 9.41. The van der Waals surface area contributed by atoms with Crippen LogP contribution < -0.4 is 5.73 Å². The molecule has 0 radical (unpaired) electrons. The van der Waals surface area contributed by atoms with E-state index in [1.165, 1.54) is 18.6 Å². The highest BCUT2D eigenvalue weighted by Crippen LogP contribution is 2.29. The van der Waals surface area contributed by atoms with Crippen molar-refractivity contribution in [2.75, 3.05) is 6.61 Å². The van der Waals surface area contributed by atoms with E-state index < -0.39 is 17.8 Å². The van der Waals surface area contributed by atoms with Crippen LogP contribution in [-0.4, -0.2) is 21.3 Å². The van der Waals surface area contributed by atoms with Crippen LogP contribution in [0.15, 0.2) is 36.8 Å². The zero-order valence-corrected chi connectivity index (χ0v) is 10.5. The van der Waals surface area contributed by atoms with Crippen LogP contribution >= 0.6 is 0 Å². The van der Waals surface area contributed by atoms with Gasteiger partial charge in [-0.25, -0.2) is 4.98 Å². The molecule has 108 valence electrons. The summed E-state index contributed by atoms with van der Waals surface area (Å²) in [6.45, 7) is -0.0404. The minimum atomic E-state index is -4.37. The van der Waals surface area contributed by atoms with Crippen LogP contribution in [0.2, 0.25) is 0 Å². The lowest BCUT2D eigenvalue weighted by Gasteiger charge is -2.13. The maximum absolute atomic E-state index is 12.6. The Bertz CT molecular complexity index is 580. The number of rotatable bonds is 4. The molecule has 0 amide bonds. The van der Waals surface area contributed by atoms with E-state index in [9.17, 15) is 13.2 Å². The fourth-order valence-electron chi connectivity index (χ4n) is 1.91. The molecule has 1 unspecified atom stereocenters. The number of benzene rings is 1. The van der Waals surface area contributed by atoms with Crippen molar-refractivity contribution in [1.29, 1.82) is 0 Å². The highest BCUT2D eigenvalue weighted by atomic mass is 19.4. The molecule has 1 heterocycles. The Morgan fingerprint density at radius 3 is 2.75 bits per heavy atom. The number of aromatic nitrogens is 2. The van der Waals surface area contributed by atoms with Crippen molar-refractivity contribution in [3.8, 4) is 0 Å². The molecule has 4 nitrogen and oxygen atoms in total. The molecule has 0 bridgehead atoms. The van der Waals surface area contributed by atoms with Crippen molar-refractivity contribution < 1.29 is 18.3 Å². The summed E-state index contributed by atoms with van der Waals surface area (Å²) in [5.74, 6) is 0. The maximum atomic E-state index is 12.6. The van der Waals surface area contributed by atoms with Gasteiger partial charge in [0.05, 0.1) is 30.2 Å². The molecule has 0 saturated heterocycles. The quantitative estimate of drug-likeness (QED) is 0.902. The monoisotopic (exact) mass is 285 g/mol. The lowest BCUT2D eigenvalue weighted by Crippen LogP contribution is -2.19. The molecule has 3 N–H and O–H groups in total. The Hall–Kier alpha value is -1.86. The van der Waals surface area contributed by atoms with Crippen LogP contribution in [0.5, 0.6) is 0 Å². The van der Waals surface area contributed by atoms with Gasteiger partial charge in [0.25, 0.3) is 0 Å². The van der Waals surface area contributed by atoms with Gasteiger partial charge in [0, 0.05) is 12.7 Å². The summed E-state index contributed by atoms with van der Waals surface area (Å²) in [4.78, 5) is 3.91. The van der Waals surface area contributed by atoms with Crippen LogP contribution in [0, 0.1) is 0 Å². The molecule has 0 aliphatic rings. The number of alkyl halides is 3. The standard InChI is InChI=1S/C13H14F3N3O/c14-13(15,16)10-3-1-2-9(4-10)6-19-8-18-5-12(19)11(17)7-20/h1-5,8,11,20H,6-7,17H2. The normalized spacial score (nSPS) is 13.4. The number of aliphatic hydroxyl groups is 1. The van der Waals surface area contributed by atoms with Crippen molar-refractivity contribution in [1.82, 2.24) is 9.55 Å². The third-order valence-corrected chi connectivity index (χ3v) is 2.93. The van der Waals surface area contributed by atoms with Gasteiger partial charge in [-0.3, -0.25) is 0 Å². The van der Waals surface area contributed by atoms with Crippen molar-refractivity contribution in [2.24, 2.45) is 5.73 Å². The number of halogens is 3. The van der Waals surface area contributed by atoms with E-state index in [2.05, 4.69) is 4.98 Å². The minimum Gasteiger partial charge on any atom is -0.394 e. The molecular weight excluding hydrogens is 271 g/mol. The van der Waals surface area contributed by atoms with E-state index >= 15 is 0 Å². The number of aliphatic hydroxyl groups excluding tert-OH is 1. The Morgan fingerprint density at radius 1 is 1.35 bits per heavy atom. The molecule has 1 aromatic heterocycles. The van der Waals surface area contributed by atoms with Crippen LogP contribution in [0.1, 0.15) is 22.9 Å². The minimum absolute atomic E-state index is 0.215. The van der Waals surface area contributed by atoms with Gasteiger partial charge in [0.1, 0.15) is 0 Å². The average molecular weight is 285 g/mol. The third-order valence-electron chi connectivity index (χ3n) is 2.93. The summed E-state index contributed by atoms with van der Waals surface area (Å²) < 4.78 is 39.5. The molecule has 0 saturated carbocycles. The number of imidazole rings is 1. The number of hydrogen-bond donors (Lipinski definition) is 2. The summed E-state index contributed by atoms with van der Waals surface area (Å²) in [5, 5.41) is 9.03. The summed E-state index contributed by atoms with van der Waals surface area (Å²) in [6, 6.07) is 4.47. The molecule has 2 aromatic rings. The predicted octanol–water partition coefficient (Wildman–Crippen LogP) is 1.94. The van der Waals surface area contributed by atoms with Gasteiger partial charge in [-0.1, -0.05) is 12.1 Å². The van der Waals surface area contributed by atoms with E-state index in [-0.39, 0.29) is 13.2 Å². The average Bonchev–Trinajstić information content (AvgIpc) is 2.85. The van der Waals surface area contributed by atoms with Crippen molar-refractivity contribution in [3.63, 3.8) is 0 Å². The molecule has 0 fully saturated rings. The van der Waals surface area contributed by atoms with Gasteiger partial charge < -0.3 is 15.4 Å². The second-order valence-corrected chi connectivity index (χ2v) is 4.43. The first-order valence-electron chi connectivity index (χ1n) is 5.94. The molecule has 0 aliphatic heterocycles. The van der Waals surface area contributed by atoms with E-state index in [1.54, 1.807) is 10.6 Å². The van der Waals surface area contributed by atoms with Crippen molar-refractivity contribution >= 4 is 0 Å². The van der Waals surface area contributed by atoms with Gasteiger partial charge in [0.15, 0.2) is 0 Å². The Kier molecular flexibility index (Phi) is 4.10. The van der Waals surface area contributed by atoms with E-state index in [0.29, 0.717) is 11.3 Å². The summed E-state index contributed by atoms with van der Waals surface area (Å²) >= 11 is 0. The fraction of sp³-hybridized carbons (Fsp3) is 0.308. The van der Waals surface area contributed by atoms with E-state index in [4.69, 9.17) is 10.8 Å². The molecular formula is C13H14F3N3O. The zero-order valence-electron chi connectivity index (χ0n) is 10.5. The Balaban J connectivity index is 2.25. The largest absolute Gasteiger partial charge is 0.416 e. The van der Waals surface area contributed by atoms with Gasteiger partial charge >= 0.3 is 6.18 Å². The lowest BCUT2D eigenvalue weighted by atomic mass is 10.1. The molecule has 0 aliphatic carbocycles. The molecule has 1 aromatic carbocycles. The topological polar surface area (TPSA) is 64.1 Å². The number of nitrogens with zero attached hydrogens (tertiary/aromatic N) is 2. The number of hydrogen-bond acceptors (Lipinski definition) is 3. The van der Waals surface area contributed by atoms with Gasteiger partial charge in [-0.05, 0) is 17.7 Å². The first-order valence-corrected chi connectivity index (χ1v) is 5.94. The highest BCUT2D eigenvalue weighted by molar-refractivity contribution is 5.26. The maximum Gasteiger partial charge on any atom is 0.416 e. The summed E-state index contributed by atoms with van der Waals surface area (Å²) in [7, 11) is 0. The second kappa shape index (κ2) is 5.64. The summed E-state index contributed by atoms with van der Waals surface area (Å²) in [5.41, 5.74) is 6.07. The molecule has 1 atom stereocenters. The molecule has 0 spiro atoms. The lowest BCUT2D eigenvalue weighted by molar-refractivity contribution is -0.137. The number of nitrogens with two attached hydrogens (primary N) is 1. The predicted molar refractivity (Wildman–Crippen MR) is 66.8 cm³/mol. The molecule has 2 rings (SSSR count). The SMILES string of the molecule is NC(CO)c1cncn1Cc1cccc(C(F)(F)F)c1. The second-order valence-electron chi connectivity index (χ2n) is 4.43. The van der Waals surface area contributed by atoms with Crippen LogP contribution in [0.4, 0.5) is 13.2 Å². The van der Waals surface area contributed by atoms with Crippen LogP contribution in [0.3, 0.4) is 0 Å². The van der Waals surface area contributed by atoms with Crippen molar-refractivity contribution in [2.45, 2.75) is 18.8 Å². The van der Waals surface area contributed by atoms with E-state index in [1.807, 2.05) is 0 Å². The van der Waals surface area contributed by atoms with E-state index in [0.717, 1.165) is 12.1 Å². The zero-order chi connectivity index (χ0) is 14.8. The molecule has 7 heteroatoms. The first kappa shape index (κ1) is 14.5.